The van der Waals surface area contributed by atoms with Crippen LogP contribution in [0.5, 0.6) is 0 Å². The van der Waals surface area contributed by atoms with E-state index >= 15 is 0 Å². The lowest BCUT2D eigenvalue weighted by Gasteiger charge is -2.09. The number of rotatable bonds is 3. The predicted molar refractivity (Wildman–Crippen MR) is 80.6 cm³/mol. The van der Waals surface area contributed by atoms with Crippen molar-refractivity contribution in [1.82, 2.24) is 9.78 Å². The fourth-order valence-electron chi connectivity index (χ4n) is 1.58. The molecule has 0 aliphatic rings. The molecule has 8 heteroatoms. The van der Waals surface area contributed by atoms with E-state index in [1.54, 1.807) is 32.2 Å². The molecule has 1 heterocycles. The normalized spacial score (nSPS) is 11.6. The highest BCUT2D eigenvalue weighted by Crippen LogP contribution is 2.27. The van der Waals surface area contributed by atoms with Crippen molar-refractivity contribution in [3.8, 4) is 0 Å². The van der Waals surface area contributed by atoms with Gasteiger partial charge < -0.3 is 0 Å². The van der Waals surface area contributed by atoms with Gasteiger partial charge in [-0.15, -0.1) is 0 Å². The maximum Gasteiger partial charge on any atom is 0.264 e. The summed E-state index contributed by atoms with van der Waals surface area (Å²) in [5, 5.41) is 4.10. The lowest BCUT2D eigenvalue weighted by atomic mass is 10.4. The van der Waals surface area contributed by atoms with E-state index in [-0.39, 0.29) is 4.90 Å². The molecule has 1 aromatic heterocycles. The van der Waals surface area contributed by atoms with Crippen LogP contribution in [0.3, 0.4) is 0 Å². The molecule has 102 valence electrons. The molecule has 0 radical (unpaired) electrons. The van der Waals surface area contributed by atoms with Gasteiger partial charge in [-0.2, -0.15) is 5.10 Å². The lowest BCUT2D eigenvalue weighted by molar-refractivity contribution is 0.599. The van der Waals surface area contributed by atoms with Crippen LogP contribution < -0.4 is 4.72 Å². The molecule has 2 rings (SSSR count). The minimum atomic E-state index is -3.66. The maximum atomic E-state index is 12.3. The van der Waals surface area contributed by atoms with Crippen LogP contribution in [0.1, 0.15) is 5.69 Å². The first kappa shape index (κ1) is 14.5. The van der Waals surface area contributed by atoms with Crippen LogP contribution in [-0.4, -0.2) is 18.2 Å². The van der Waals surface area contributed by atoms with Gasteiger partial charge in [-0.1, -0.05) is 15.9 Å². The summed E-state index contributed by atoms with van der Waals surface area (Å²) in [6, 6.07) is 6.64. The zero-order chi connectivity index (χ0) is 14.2. The average molecular weight is 409 g/mol. The Balaban J connectivity index is 2.43. The second-order valence-electron chi connectivity index (χ2n) is 3.97. The van der Waals surface area contributed by atoms with Gasteiger partial charge in [0.25, 0.3) is 10.0 Å². The summed E-state index contributed by atoms with van der Waals surface area (Å²) >= 11 is 6.50. The summed E-state index contributed by atoms with van der Waals surface area (Å²) in [6.07, 6.45) is 0. The number of nitrogens with one attached hydrogen (secondary N) is 1. The SMILES string of the molecule is Cc1cc(NS(=O)(=O)c2cc(Br)ccc2Br)n(C)n1. The predicted octanol–water partition coefficient (Wildman–Crippen LogP) is 3.05. The Morgan fingerprint density at radius 1 is 1.26 bits per heavy atom. The highest BCUT2D eigenvalue weighted by molar-refractivity contribution is 9.11. The van der Waals surface area contributed by atoms with Crippen LogP contribution in [0.4, 0.5) is 5.82 Å². The zero-order valence-corrected chi connectivity index (χ0v) is 14.2. The molecule has 0 saturated heterocycles. The van der Waals surface area contributed by atoms with Crippen molar-refractivity contribution >= 4 is 47.7 Å². The summed E-state index contributed by atoms with van der Waals surface area (Å²) in [4.78, 5) is 0.167. The minimum absolute atomic E-state index is 0.167. The average Bonchev–Trinajstić information content (AvgIpc) is 2.60. The van der Waals surface area contributed by atoms with Crippen LogP contribution in [0.25, 0.3) is 0 Å². The Bertz CT molecular complexity index is 726. The number of halogens is 2. The molecule has 1 N–H and O–H groups in total. The molecular formula is C11H11Br2N3O2S. The standard InChI is InChI=1S/C11H11Br2N3O2S/c1-7-5-11(16(2)14-7)15-19(17,18)10-6-8(12)3-4-9(10)13/h3-6,15H,1-2H3. The molecule has 0 aliphatic carbocycles. The fourth-order valence-corrected chi connectivity index (χ4v) is 4.16. The smallest absolute Gasteiger partial charge is 0.264 e. The topological polar surface area (TPSA) is 64.0 Å². The molecule has 0 unspecified atom stereocenters. The van der Waals surface area contributed by atoms with Gasteiger partial charge in [0, 0.05) is 22.1 Å². The highest BCUT2D eigenvalue weighted by Gasteiger charge is 2.19. The summed E-state index contributed by atoms with van der Waals surface area (Å²) < 4.78 is 29.9. The van der Waals surface area contributed by atoms with Gasteiger partial charge in [-0.05, 0) is 41.1 Å². The van der Waals surface area contributed by atoms with Crippen molar-refractivity contribution in [2.45, 2.75) is 11.8 Å². The van der Waals surface area contributed by atoms with Crippen molar-refractivity contribution in [3.63, 3.8) is 0 Å². The van der Waals surface area contributed by atoms with Gasteiger partial charge in [-0.3, -0.25) is 9.40 Å². The number of hydrogen-bond acceptors (Lipinski definition) is 3. The first-order chi connectivity index (χ1) is 8.79. The van der Waals surface area contributed by atoms with Crippen molar-refractivity contribution in [3.05, 3.63) is 38.9 Å². The maximum absolute atomic E-state index is 12.3. The van der Waals surface area contributed by atoms with Crippen molar-refractivity contribution in [2.75, 3.05) is 4.72 Å². The van der Waals surface area contributed by atoms with Gasteiger partial charge in [0.2, 0.25) is 0 Å². The fraction of sp³-hybridized carbons (Fsp3) is 0.182. The molecule has 0 aliphatic heterocycles. The third-order valence-electron chi connectivity index (χ3n) is 2.42. The second-order valence-corrected chi connectivity index (χ2v) is 7.40. The molecule has 0 amide bonds. The number of nitrogens with zero attached hydrogens (tertiary/aromatic N) is 2. The van der Waals surface area contributed by atoms with E-state index in [1.807, 2.05) is 0 Å². The molecule has 19 heavy (non-hydrogen) atoms. The Hall–Kier alpha value is -0.860. The Kier molecular flexibility index (Phi) is 4.03. The number of anilines is 1. The Labute approximate surface area is 128 Å². The quantitative estimate of drug-likeness (QED) is 0.848. The van der Waals surface area contributed by atoms with Crippen molar-refractivity contribution in [1.29, 1.82) is 0 Å². The molecule has 0 atom stereocenters. The van der Waals surface area contributed by atoms with E-state index in [9.17, 15) is 8.42 Å². The summed E-state index contributed by atoms with van der Waals surface area (Å²) in [5.74, 6) is 0.421. The molecule has 0 fully saturated rings. The first-order valence-corrected chi connectivity index (χ1v) is 8.35. The van der Waals surface area contributed by atoms with Crippen LogP contribution in [0, 0.1) is 6.92 Å². The van der Waals surface area contributed by atoms with Gasteiger partial charge in [-0.25, -0.2) is 8.42 Å². The molecule has 0 spiro atoms. The van der Waals surface area contributed by atoms with Crippen LogP contribution in [-0.2, 0) is 17.1 Å². The van der Waals surface area contributed by atoms with E-state index in [0.29, 0.717) is 14.8 Å². The number of sulfonamides is 1. The van der Waals surface area contributed by atoms with Crippen LogP contribution in [0.15, 0.2) is 38.1 Å². The molecule has 0 saturated carbocycles. The van der Waals surface area contributed by atoms with Crippen molar-refractivity contribution < 1.29 is 8.42 Å². The summed E-state index contributed by atoms with van der Waals surface area (Å²) in [7, 11) is -1.98. The Morgan fingerprint density at radius 3 is 2.53 bits per heavy atom. The highest BCUT2D eigenvalue weighted by atomic mass is 79.9. The van der Waals surface area contributed by atoms with Gasteiger partial charge in [0.15, 0.2) is 0 Å². The van der Waals surface area contributed by atoms with E-state index in [1.165, 1.54) is 10.7 Å². The van der Waals surface area contributed by atoms with Crippen LogP contribution >= 0.6 is 31.9 Å². The number of aromatic nitrogens is 2. The van der Waals surface area contributed by atoms with Gasteiger partial charge >= 0.3 is 0 Å². The minimum Gasteiger partial charge on any atom is -0.264 e. The zero-order valence-electron chi connectivity index (χ0n) is 10.2. The van der Waals surface area contributed by atoms with E-state index in [2.05, 4.69) is 41.7 Å². The van der Waals surface area contributed by atoms with Gasteiger partial charge in [0.1, 0.15) is 10.7 Å². The lowest BCUT2D eigenvalue weighted by Crippen LogP contribution is -2.15. The molecule has 5 nitrogen and oxygen atoms in total. The molecule has 2 aromatic rings. The monoisotopic (exact) mass is 407 g/mol. The van der Waals surface area contributed by atoms with Crippen molar-refractivity contribution in [2.24, 2.45) is 7.05 Å². The largest absolute Gasteiger partial charge is 0.264 e. The first-order valence-electron chi connectivity index (χ1n) is 5.28. The second kappa shape index (κ2) is 5.26. The van der Waals surface area contributed by atoms with E-state index in [4.69, 9.17) is 0 Å². The number of hydrogen-bond donors (Lipinski definition) is 1. The summed E-state index contributed by atoms with van der Waals surface area (Å²) in [5.41, 5.74) is 0.744. The molecular weight excluding hydrogens is 398 g/mol. The number of aryl methyl sites for hydroxylation is 2. The third-order valence-corrected chi connectivity index (χ3v) is 5.27. The molecule has 0 bridgehead atoms. The number of benzene rings is 1. The third kappa shape index (κ3) is 3.18. The molecule has 1 aromatic carbocycles. The van der Waals surface area contributed by atoms with Gasteiger partial charge in [0.05, 0.1) is 5.69 Å². The Morgan fingerprint density at radius 2 is 1.95 bits per heavy atom. The van der Waals surface area contributed by atoms with E-state index < -0.39 is 10.0 Å². The van der Waals surface area contributed by atoms with E-state index in [0.717, 1.165) is 5.69 Å². The summed E-state index contributed by atoms with van der Waals surface area (Å²) in [6.45, 7) is 1.80. The van der Waals surface area contributed by atoms with Crippen LogP contribution in [0.2, 0.25) is 0 Å².